The first-order valence-corrected chi connectivity index (χ1v) is 11.1. The van der Waals surface area contributed by atoms with Gasteiger partial charge in [0, 0.05) is 31.1 Å². The van der Waals surface area contributed by atoms with Crippen LogP contribution in [0.1, 0.15) is 36.9 Å². The minimum atomic E-state index is -3.65. The molecule has 1 aliphatic rings. The first kappa shape index (κ1) is 19.7. The maximum absolute atomic E-state index is 12.5. The van der Waals surface area contributed by atoms with Crippen LogP contribution in [0.2, 0.25) is 0 Å². The third-order valence-corrected chi connectivity index (χ3v) is 7.18. The molecule has 0 radical (unpaired) electrons. The normalized spacial score (nSPS) is 14.9. The number of hydrogen-bond acceptors (Lipinski definition) is 7. The number of carbonyl (C=O) groups excluding carboxylic acids is 1. The first-order valence-electron chi connectivity index (χ1n) is 8.84. The second-order valence-corrected chi connectivity index (χ2v) is 9.50. The Balaban J connectivity index is 1.62. The highest BCUT2D eigenvalue weighted by atomic mass is 32.2. The standard InChI is InChI=1S/C17H23N5O3S2/c1-13(23)19-11-14-5-6-17(26-14)27(24,25)20-12-15-18-8-7-16(21-15)22-9-3-2-4-10-22/h5-8,20H,2-4,9-12H2,1H3,(H,19,23). The van der Waals surface area contributed by atoms with Gasteiger partial charge < -0.3 is 10.2 Å². The molecule has 146 valence electrons. The van der Waals surface area contributed by atoms with Crippen molar-refractivity contribution in [1.29, 1.82) is 0 Å². The smallest absolute Gasteiger partial charge is 0.250 e. The third kappa shape index (κ3) is 5.47. The average molecular weight is 410 g/mol. The van der Waals surface area contributed by atoms with E-state index in [1.807, 2.05) is 6.07 Å². The largest absolute Gasteiger partial charge is 0.357 e. The molecule has 1 fully saturated rings. The van der Waals surface area contributed by atoms with Gasteiger partial charge in [-0.05, 0) is 37.5 Å². The molecule has 2 aromatic heterocycles. The summed E-state index contributed by atoms with van der Waals surface area (Å²) < 4.78 is 27.7. The van der Waals surface area contributed by atoms with Gasteiger partial charge in [-0.2, -0.15) is 0 Å². The van der Waals surface area contributed by atoms with Crippen molar-refractivity contribution in [2.45, 2.75) is 43.5 Å². The van der Waals surface area contributed by atoms with Crippen molar-refractivity contribution in [3.63, 3.8) is 0 Å². The van der Waals surface area contributed by atoms with Crippen molar-refractivity contribution in [2.24, 2.45) is 0 Å². The zero-order chi connectivity index (χ0) is 19.3. The van der Waals surface area contributed by atoms with E-state index in [0.717, 1.165) is 48.0 Å². The molecule has 27 heavy (non-hydrogen) atoms. The van der Waals surface area contributed by atoms with E-state index in [0.29, 0.717) is 12.4 Å². The van der Waals surface area contributed by atoms with Crippen LogP contribution in [0.5, 0.6) is 0 Å². The van der Waals surface area contributed by atoms with Gasteiger partial charge in [0.25, 0.3) is 0 Å². The van der Waals surface area contributed by atoms with Crippen LogP contribution in [0.15, 0.2) is 28.6 Å². The number of amides is 1. The predicted octanol–water partition coefficient (Wildman–Crippen LogP) is 1.64. The Bertz CT molecular complexity index is 891. The summed E-state index contributed by atoms with van der Waals surface area (Å²) in [5, 5.41) is 2.65. The van der Waals surface area contributed by atoms with Crippen molar-refractivity contribution >= 4 is 33.1 Å². The van der Waals surface area contributed by atoms with Gasteiger partial charge in [-0.15, -0.1) is 11.3 Å². The highest BCUT2D eigenvalue weighted by molar-refractivity contribution is 7.91. The van der Waals surface area contributed by atoms with Gasteiger partial charge in [-0.3, -0.25) is 4.79 Å². The van der Waals surface area contributed by atoms with Gasteiger partial charge in [0.2, 0.25) is 15.9 Å². The molecule has 0 atom stereocenters. The number of piperidine rings is 1. The molecular formula is C17H23N5O3S2. The van der Waals surface area contributed by atoms with Gasteiger partial charge in [0.15, 0.2) is 0 Å². The predicted molar refractivity (Wildman–Crippen MR) is 104 cm³/mol. The maximum Gasteiger partial charge on any atom is 0.250 e. The van der Waals surface area contributed by atoms with E-state index in [1.165, 1.54) is 19.4 Å². The highest BCUT2D eigenvalue weighted by Crippen LogP contribution is 2.22. The van der Waals surface area contributed by atoms with E-state index >= 15 is 0 Å². The van der Waals surface area contributed by atoms with Gasteiger partial charge in [0.1, 0.15) is 15.9 Å². The molecule has 1 saturated heterocycles. The minimum Gasteiger partial charge on any atom is -0.357 e. The number of thiophene rings is 1. The number of nitrogens with zero attached hydrogens (tertiary/aromatic N) is 3. The molecule has 0 bridgehead atoms. The number of anilines is 1. The maximum atomic E-state index is 12.5. The van der Waals surface area contributed by atoms with Crippen LogP contribution in [-0.2, 0) is 27.9 Å². The molecule has 0 unspecified atom stereocenters. The van der Waals surface area contributed by atoms with Crippen molar-refractivity contribution in [3.8, 4) is 0 Å². The fraction of sp³-hybridized carbons (Fsp3) is 0.471. The summed E-state index contributed by atoms with van der Waals surface area (Å²) >= 11 is 1.13. The number of aromatic nitrogens is 2. The van der Waals surface area contributed by atoms with Crippen molar-refractivity contribution < 1.29 is 13.2 Å². The molecule has 1 aliphatic heterocycles. The molecule has 0 spiro atoms. The fourth-order valence-electron chi connectivity index (χ4n) is 2.81. The summed E-state index contributed by atoms with van der Waals surface area (Å²) in [6.07, 6.45) is 5.19. The second kappa shape index (κ2) is 8.77. The van der Waals surface area contributed by atoms with Gasteiger partial charge >= 0.3 is 0 Å². The summed E-state index contributed by atoms with van der Waals surface area (Å²) in [4.78, 5) is 22.6. The van der Waals surface area contributed by atoms with Crippen LogP contribution in [-0.4, -0.2) is 37.4 Å². The van der Waals surface area contributed by atoms with Crippen molar-refractivity contribution in [2.75, 3.05) is 18.0 Å². The molecule has 0 saturated carbocycles. The summed E-state index contributed by atoms with van der Waals surface area (Å²) in [6, 6.07) is 5.09. The Morgan fingerprint density at radius 3 is 2.70 bits per heavy atom. The summed E-state index contributed by atoms with van der Waals surface area (Å²) in [6.45, 7) is 3.70. The molecule has 2 aromatic rings. The van der Waals surface area contributed by atoms with E-state index in [1.54, 1.807) is 12.3 Å². The van der Waals surface area contributed by atoms with Crippen LogP contribution >= 0.6 is 11.3 Å². The lowest BCUT2D eigenvalue weighted by Crippen LogP contribution is -2.31. The lowest BCUT2D eigenvalue weighted by Gasteiger charge is -2.27. The van der Waals surface area contributed by atoms with Crippen LogP contribution in [0, 0.1) is 0 Å². The Morgan fingerprint density at radius 1 is 1.19 bits per heavy atom. The highest BCUT2D eigenvalue weighted by Gasteiger charge is 2.18. The molecule has 3 rings (SSSR count). The summed E-state index contributed by atoms with van der Waals surface area (Å²) in [7, 11) is -3.65. The van der Waals surface area contributed by atoms with Gasteiger partial charge in [0.05, 0.1) is 13.1 Å². The third-order valence-electron chi connectivity index (χ3n) is 4.20. The molecular weight excluding hydrogens is 386 g/mol. The lowest BCUT2D eigenvalue weighted by atomic mass is 10.1. The molecule has 1 amide bonds. The van der Waals surface area contributed by atoms with Gasteiger partial charge in [-0.25, -0.2) is 23.1 Å². The molecule has 8 nitrogen and oxygen atoms in total. The van der Waals surface area contributed by atoms with E-state index in [-0.39, 0.29) is 16.7 Å². The Labute approximate surface area is 163 Å². The van der Waals surface area contributed by atoms with Crippen LogP contribution < -0.4 is 14.9 Å². The monoisotopic (exact) mass is 409 g/mol. The molecule has 3 heterocycles. The van der Waals surface area contributed by atoms with E-state index < -0.39 is 10.0 Å². The topological polar surface area (TPSA) is 104 Å². The Morgan fingerprint density at radius 2 is 1.96 bits per heavy atom. The number of nitrogens with one attached hydrogen (secondary N) is 2. The molecule has 2 N–H and O–H groups in total. The second-order valence-electron chi connectivity index (χ2n) is 6.33. The average Bonchev–Trinajstić information content (AvgIpc) is 3.16. The van der Waals surface area contributed by atoms with Crippen LogP contribution in [0.25, 0.3) is 0 Å². The van der Waals surface area contributed by atoms with E-state index in [9.17, 15) is 13.2 Å². The zero-order valence-corrected chi connectivity index (χ0v) is 16.8. The van der Waals surface area contributed by atoms with Crippen LogP contribution in [0.4, 0.5) is 5.82 Å². The van der Waals surface area contributed by atoms with E-state index in [2.05, 4.69) is 24.9 Å². The molecule has 10 heteroatoms. The lowest BCUT2D eigenvalue weighted by molar-refractivity contribution is -0.119. The fourth-order valence-corrected chi connectivity index (χ4v) is 5.13. The molecule has 0 aromatic carbocycles. The number of carbonyl (C=O) groups is 1. The first-order chi connectivity index (χ1) is 12.9. The zero-order valence-electron chi connectivity index (χ0n) is 15.1. The number of rotatable bonds is 7. The van der Waals surface area contributed by atoms with Gasteiger partial charge in [-0.1, -0.05) is 0 Å². The number of hydrogen-bond donors (Lipinski definition) is 2. The summed E-state index contributed by atoms with van der Waals surface area (Å²) in [5.74, 6) is 1.13. The minimum absolute atomic E-state index is 0.0307. The Kier molecular flexibility index (Phi) is 6.40. The van der Waals surface area contributed by atoms with Crippen molar-refractivity contribution in [3.05, 3.63) is 35.1 Å². The SMILES string of the molecule is CC(=O)NCc1ccc(S(=O)(=O)NCc2nccc(N3CCCCC3)n2)s1. The van der Waals surface area contributed by atoms with E-state index in [4.69, 9.17) is 0 Å². The number of sulfonamides is 1. The Hall–Kier alpha value is -2.04. The quantitative estimate of drug-likeness (QED) is 0.720. The van der Waals surface area contributed by atoms with Crippen LogP contribution in [0.3, 0.4) is 0 Å². The molecule has 0 aliphatic carbocycles. The van der Waals surface area contributed by atoms with Crippen molar-refractivity contribution in [1.82, 2.24) is 20.0 Å². The summed E-state index contributed by atoms with van der Waals surface area (Å²) in [5.41, 5.74) is 0.